The summed E-state index contributed by atoms with van der Waals surface area (Å²) in [5.74, 6) is 0.268. The van der Waals surface area contributed by atoms with E-state index in [0.717, 1.165) is 19.4 Å². The highest BCUT2D eigenvalue weighted by molar-refractivity contribution is 7.19. The molecule has 0 unspecified atom stereocenters. The van der Waals surface area contributed by atoms with Crippen LogP contribution in [0.2, 0.25) is 0 Å². The summed E-state index contributed by atoms with van der Waals surface area (Å²) >= 11 is 1.76. The molecule has 1 saturated heterocycles. The van der Waals surface area contributed by atoms with Crippen molar-refractivity contribution in [1.82, 2.24) is 4.90 Å². The minimum atomic E-state index is 0.268. The van der Waals surface area contributed by atoms with Gasteiger partial charge in [-0.3, -0.25) is 4.79 Å². The molecule has 2 aliphatic heterocycles. The molecule has 0 aliphatic carbocycles. The van der Waals surface area contributed by atoms with Crippen molar-refractivity contribution in [3.05, 3.63) is 40.4 Å². The van der Waals surface area contributed by atoms with Gasteiger partial charge in [-0.1, -0.05) is 18.2 Å². The van der Waals surface area contributed by atoms with E-state index in [1.807, 2.05) is 4.90 Å². The van der Waals surface area contributed by atoms with Crippen molar-refractivity contribution in [3.8, 4) is 0 Å². The highest BCUT2D eigenvalue weighted by Gasteiger charge is 2.28. The molecule has 18 heavy (non-hydrogen) atoms. The fourth-order valence-corrected chi connectivity index (χ4v) is 4.11. The zero-order valence-electron chi connectivity index (χ0n) is 9.98. The van der Waals surface area contributed by atoms with Crippen molar-refractivity contribution in [1.29, 1.82) is 0 Å². The second-order valence-corrected chi connectivity index (χ2v) is 6.03. The van der Waals surface area contributed by atoms with E-state index in [1.165, 1.54) is 26.2 Å². The standard InChI is InChI=1S/C15H13NOS/c17-15-9-14-12(8-10-4-3-7-16(10)15)11-5-1-2-6-13(11)18-14/h1-2,5-6,8H,3-4,7,9H2. The molecule has 3 heterocycles. The Morgan fingerprint density at radius 2 is 2.11 bits per heavy atom. The van der Waals surface area contributed by atoms with Gasteiger partial charge in [0.05, 0.1) is 6.42 Å². The smallest absolute Gasteiger partial charge is 0.232 e. The van der Waals surface area contributed by atoms with Crippen LogP contribution in [0.1, 0.15) is 23.3 Å². The molecule has 0 spiro atoms. The van der Waals surface area contributed by atoms with Crippen LogP contribution < -0.4 is 0 Å². The summed E-state index contributed by atoms with van der Waals surface area (Å²) in [6.07, 6.45) is 4.95. The van der Waals surface area contributed by atoms with E-state index in [2.05, 4.69) is 30.3 Å². The van der Waals surface area contributed by atoms with Crippen LogP contribution in [-0.2, 0) is 11.2 Å². The third kappa shape index (κ3) is 1.37. The Labute approximate surface area is 110 Å². The van der Waals surface area contributed by atoms with Gasteiger partial charge in [0, 0.05) is 27.2 Å². The highest BCUT2D eigenvalue weighted by atomic mass is 32.1. The van der Waals surface area contributed by atoms with E-state index in [1.54, 1.807) is 11.3 Å². The lowest BCUT2D eigenvalue weighted by atomic mass is 10.1. The summed E-state index contributed by atoms with van der Waals surface area (Å²) in [5.41, 5.74) is 2.49. The molecule has 3 heteroatoms. The van der Waals surface area contributed by atoms with Crippen LogP contribution in [0.5, 0.6) is 0 Å². The van der Waals surface area contributed by atoms with Crippen LogP contribution in [0, 0.1) is 0 Å². The summed E-state index contributed by atoms with van der Waals surface area (Å²) in [7, 11) is 0. The first-order valence-electron chi connectivity index (χ1n) is 6.34. The number of nitrogens with zero attached hydrogens (tertiary/aromatic N) is 1. The largest absolute Gasteiger partial charge is 0.316 e. The summed E-state index contributed by atoms with van der Waals surface area (Å²) in [4.78, 5) is 15.4. The topological polar surface area (TPSA) is 20.3 Å². The second-order valence-electron chi connectivity index (χ2n) is 4.90. The van der Waals surface area contributed by atoms with Crippen LogP contribution >= 0.6 is 11.3 Å². The summed E-state index contributed by atoms with van der Waals surface area (Å²) in [5, 5.41) is 1.30. The van der Waals surface area contributed by atoms with E-state index in [9.17, 15) is 4.79 Å². The van der Waals surface area contributed by atoms with Crippen molar-refractivity contribution in [3.63, 3.8) is 0 Å². The van der Waals surface area contributed by atoms with Gasteiger partial charge < -0.3 is 4.90 Å². The molecule has 1 aromatic heterocycles. The number of carbonyl (C=O) groups is 1. The molecule has 2 aromatic rings. The Morgan fingerprint density at radius 3 is 3.06 bits per heavy atom. The lowest BCUT2D eigenvalue weighted by Crippen LogP contribution is -2.26. The maximum absolute atomic E-state index is 12.2. The molecular formula is C15H13NOS. The van der Waals surface area contributed by atoms with Crippen LogP contribution in [0.3, 0.4) is 0 Å². The number of thiophene rings is 1. The van der Waals surface area contributed by atoms with Gasteiger partial charge >= 0.3 is 0 Å². The first-order chi connectivity index (χ1) is 8.83. The Bertz CT molecular complexity index is 683. The second kappa shape index (κ2) is 3.69. The van der Waals surface area contributed by atoms with Gasteiger partial charge in [-0.05, 0) is 30.5 Å². The predicted molar refractivity (Wildman–Crippen MR) is 74.5 cm³/mol. The highest BCUT2D eigenvalue weighted by Crippen LogP contribution is 2.37. The fourth-order valence-electron chi connectivity index (χ4n) is 2.94. The summed E-state index contributed by atoms with van der Waals surface area (Å²) < 4.78 is 1.29. The average Bonchev–Trinajstić information content (AvgIpc) is 2.93. The molecule has 0 bridgehead atoms. The van der Waals surface area contributed by atoms with Crippen molar-refractivity contribution in [2.24, 2.45) is 0 Å². The quantitative estimate of drug-likeness (QED) is 0.706. The molecule has 0 saturated carbocycles. The number of fused-ring (bicyclic) bond motifs is 4. The Balaban J connectivity index is 2.00. The average molecular weight is 255 g/mol. The molecule has 0 radical (unpaired) electrons. The Hall–Kier alpha value is -1.61. The lowest BCUT2D eigenvalue weighted by molar-refractivity contribution is -0.127. The normalized spacial score (nSPS) is 18.6. The van der Waals surface area contributed by atoms with Gasteiger partial charge in [-0.2, -0.15) is 0 Å². The first kappa shape index (κ1) is 10.3. The van der Waals surface area contributed by atoms with Crippen molar-refractivity contribution in [2.75, 3.05) is 6.54 Å². The zero-order valence-corrected chi connectivity index (χ0v) is 10.8. The van der Waals surface area contributed by atoms with Gasteiger partial charge in [-0.25, -0.2) is 0 Å². The van der Waals surface area contributed by atoms with Crippen molar-refractivity contribution >= 4 is 33.4 Å². The molecule has 0 N–H and O–H groups in total. The van der Waals surface area contributed by atoms with E-state index >= 15 is 0 Å². The van der Waals surface area contributed by atoms with Crippen LogP contribution in [-0.4, -0.2) is 17.4 Å². The van der Waals surface area contributed by atoms with E-state index in [-0.39, 0.29) is 5.91 Å². The number of benzene rings is 1. The molecule has 90 valence electrons. The molecular weight excluding hydrogens is 242 g/mol. The van der Waals surface area contributed by atoms with Gasteiger partial charge in [0.2, 0.25) is 5.91 Å². The van der Waals surface area contributed by atoms with Crippen molar-refractivity contribution in [2.45, 2.75) is 19.3 Å². The summed E-state index contributed by atoms with van der Waals surface area (Å²) in [6, 6.07) is 8.45. The zero-order chi connectivity index (χ0) is 12.1. The van der Waals surface area contributed by atoms with Crippen molar-refractivity contribution < 1.29 is 4.79 Å². The number of carbonyl (C=O) groups excluding carboxylic acids is 1. The number of rotatable bonds is 0. The molecule has 2 nitrogen and oxygen atoms in total. The first-order valence-corrected chi connectivity index (χ1v) is 7.16. The number of hydrogen-bond donors (Lipinski definition) is 0. The summed E-state index contributed by atoms with van der Waals surface area (Å²) in [6.45, 7) is 0.900. The third-order valence-corrected chi connectivity index (χ3v) is 4.98. The fraction of sp³-hybridized carbons (Fsp3) is 0.267. The molecule has 1 aromatic carbocycles. The minimum absolute atomic E-state index is 0.268. The van der Waals surface area contributed by atoms with Gasteiger partial charge in [0.1, 0.15) is 0 Å². The van der Waals surface area contributed by atoms with Crippen LogP contribution in [0.15, 0.2) is 30.0 Å². The van der Waals surface area contributed by atoms with E-state index in [0.29, 0.717) is 6.42 Å². The number of allylic oxidation sites excluding steroid dienone is 1. The maximum Gasteiger partial charge on any atom is 0.232 e. The van der Waals surface area contributed by atoms with E-state index in [4.69, 9.17) is 0 Å². The number of hydrogen-bond acceptors (Lipinski definition) is 2. The monoisotopic (exact) mass is 255 g/mol. The Morgan fingerprint density at radius 1 is 1.22 bits per heavy atom. The van der Waals surface area contributed by atoms with Gasteiger partial charge in [-0.15, -0.1) is 11.3 Å². The van der Waals surface area contributed by atoms with Crippen LogP contribution in [0.25, 0.3) is 16.2 Å². The molecule has 2 aliphatic rings. The minimum Gasteiger partial charge on any atom is -0.316 e. The third-order valence-electron chi connectivity index (χ3n) is 3.80. The molecule has 1 fully saturated rings. The van der Waals surface area contributed by atoms with E-state index < -0.39 is 0 Å². The number of amides is 1. The predicted octanol–water partition coefficient (Wildman–Crippen LogP) is 3.42. The van der Waals surface area contributed by atoms with Crippen LogP contribution in [0.4, 0.5) is 0 Å². The maximum atomic E-state index is 12.2. The molecule has 4 rings (SSSR count). The Kier molecular flexibility index (Phi) is 2.12. The SMILES string of the molecule is O=C1Cc2sc3ccccc3c2C=C2CCCN12. The van der Waals surface area contributed by atoms with Gasteiger partial charge in [0.25, 0.3) is 0 Å². The lowest BCUT2D eigenvalue weighted by Gasteiger charge is -2.15. The molecule has 1 amide bonds. The van der Waals surface area contributed by atoms with Gasteiger partial charge in [0.15, 0.2) is 0 Å². The molecule has 0 atom stereocenters.